The van der Waals surface area contributed by atoms with Crippen molar-refractivity contribution < 1.29 is 18.7 Å². The van der Waals surface area contributed by atoms with Gasteiger partial charge in [-0.05, 0) is 31.0 Å². The van der Waals surface area contributed by atoms with Crippen LogP contribution in [-0.2, 0) is 4.79 Å². The number of nitrogens with zero attached hydrogens (tertiary/aromatic N) is 1. The van der Waals surface area contributed by atoms with Crippen molar-refractivity contribution in [3.8, 4) is 5.75 Å². The number of ketones is 1. The minimum absolute atomic E-state index is 0.00146. The molecule has 4 nitrogen and oxygen atoms in total. The van der Waals surface area contributed by atoms with Gasteiger partial charge in [-0.25, -0.2) is 4.39 Å². The molecule has 1 aliphatic rings. The molecular formula is C16H20FNO3. The molecule has 2 rings (SSSR count). The number of Topliss-reactive ketones (excluding diaryl/α,β-unsaturated/α-hetero) is 1. The molecule has 0 radical (unpaired) electrons. The summed E-state index contributed by atoms with van der Waals surface area (Å²) < 4.78 is 18.4. The largest absolute Gasteiger partial charge is 0.496 e. The third-order valence-electron chi connectivity index (χ3n) is 3.72. The molecule has 0 aromatic heterocycles. The highest BCUT2D eigenvalue weighted by atomic mass is 19.1. The zero-order valence-corrected chi connectivity index (χ0v) is 12.2. The number of carbonyl (C=O) groups excluding carboxylic acids is 2. The maximum atomic E-state index is 13.3. The number of carbonyl (C=O) groups is 2. The molecule has 114 valence electrons. The molecule has 0 saturated carbocycles. The van der Waals surface area contributed by atoms with Crippen LogP contribution in [-0.4, -0.2) is 36.8 Å². The van der Waals surface area contributed by atoms with Crippen LogP contribution in [0.3, 0.4) is 0 Å². The zero-order chi connectivity index (χ0) is 15.2. The van der Waals surface area contributed by atoms with Gasteiger partial charge in [-0.3, -0.25) is 9.59 Å². The van der Waals surface area contributed by atoms with Gasteiger partial charge in [0.2, 0.25) is 5.91 Å². The lowest BCUT2D eigenvalue weighted by Crippen LogP contribution is -2.37. The summed E-state index contributed by atoms with van der Waals surface area (Å²) in [5.41, 5.74) is 0.187. The van der Waals surface area contributed by atoms with E-state index in [1.165, 1.54) is 19.2 Å². The molecule has 1 aromatic rings. The first-order chi connectivity index (χ1) is 10.1. The van der Waals surface area contributed by atoms with Gasteiger partial charge < -0.3 is 9.64 Å². The van der Waals surface area contributed by atoms with Crippen LogP contribution >= 0.6 is 0 Å². The van der Waals surface area contributed by atoms with Gasteiger partial charge in [0.1, 0.15) is 11.6 Å². The van der Waals surface area contributed by atoms with Crippen LogP contribution in [0.5, 0.6) is 5.75 Å². The second-order valence-electron chi connectivity index (χ2n) is 5.25. The smallest absolute Gasteiger partial charge is 0.222 e. The lowest BCUT2D eigenvalue weighted by molar-refractivity contribution is -0.131. The SMILES string of the molecule is COc1ccc(F)cc1C(=O)CN1CCCCCCC1=O. The number of methoxy groups -OCH3 is 1. The normalized spacial score (nSPS) is 16.3. The van der Waals surface area contributed by atoms with Crippen molar-refractivity contribution in [2.45, 2.75) is 32.1 Å². The lowest BCUT2D eigenvalue weighted by atomic mass is 10.1. The summed E-state index contributed by atoms with van der Waals surface area (Å²) >= 11 is 0. The highest BCUT2D eigenvalue weighted by molar-refractivity contribution is 6.01. The molecule has 1 amide bonds. The topological polar surface area (TPSA) is 46.6 Å². The molecule has 0 unspecified atom stereocenters. The van der Waals surface area contributed by atoms with Gasteiger partial charge in [0.15, 0.2) is 5.78 Å². The van der Waals surface area contributed by atoms with Crippen LogP contribution in [0.25, 0.3) is 0 Å². The lowest BCUT2D eigenvalue weighted by Gasteiger charge is -2.24. The van der Waals surface area contributed by atoms with E-state index in [-0.39, 0.29) is 23.8 Å². The van der Waals surface area contributed by atoms with Crippen LogP contribution in [0.15, 0.2) is 18.2 Å². The monoisotopic (exact) mass is 293 g/mol. The molecule has 1 saturated heterocycles. The minimum Gasteiger partial charge on any atom is -0.496 e. The Morgan fingerprint density at radius 1 is 1.29 bits per heavy atom. The number of ether oxygens (including phenoxy) is 1. The quantitative estimate of drug-likeness (QED) is 0.802. The first-order valence-electron chi connectivity index (χ1n) is 7.26. The molecule has 0 N–H and O–H groups in total. The summed E-state index contributed by atoms with van der Waals surface area (Å²) in [6, 6.07) is 3.84. The maximum absolute atomic E-state index is 13.3. The standard InChI is InChI=1S/C16H20FNO3/c1-21-15-8-7-12(17)10-13(15)14(19)11-18-9-5-3-2-4-6-16(18)20/h7-8,10H,2-6,9,11H2,1H3. The highest BCUT2D eigenvalue weighted by Gasteiger charge is 2.21. The van der Waals surface area contributed by atoms with E-state index in [0.29, 0.717) is 18.7 Å². The number of halogens is 1. The van der Waals surface area contributed by atoms with Crippen LogP contribution in [0.4, 0.5) is 4.39 Å². The number of benzene rings is 1. The van der Waals surface area contributed by atoms with E-state index in [2.05, 4.69) is 0 Å². The van der Waals surface area contributed by atoms with Gasteiger partial charge in [-0.15, -0.1) is 0 Å². The number of hydrogen-bond acceptors (Lipinski definition) is 3. The second-order valence-corrected chi connectivity index (χ2v) is 5.25. The minimum atomic E-state index is -0.488. The van der Waals surface area contributed by atoms with Crippen molar-refractivity contribution in [2.75, 3.05) is 20.2 Å². The number of likely N-dealkylation sites (tertiary alicyclic amines) is 1. The van der Waals surface area contributed by atoms with E-state index in [9.17, 15) is 14.0 Å². The van der Waals surface area contributed by atoms with Crippen molar-refractivity contribution in [1.82, 2.24) is 4.90 Å². The van der Waals surface area contributed by atoms with Gasteiger partial charge in [0.25, 0.3) is 0 Å². The van der Waals surface area contributed by atoms with Crippen LogP contribution < -0.4 is 4.74 Å². The van der Waals surface area contributed by atoms with Crippen LogP contribution in [0.1, 0.15) is 42.5 Å². The first-order valence-corrected chi connectivity index (χ1v) is 7.26. The molecule has 1 aliphatic heterocycles. The van der Waals surface area contributed by atoms with Crippen LogP contribution in [0, 0.1) is 5.82 Å². The molecule has 21 heavy (non-hydrogen) atoms. The zero-order valence-electron chi connectivity index (χ0n) is 12.2. The molecule has 5 heteroatoms. The van der Waals surface area contributed by atoms with Crippen molar-refractivity contribution in [1.29, 1.82) is 0 Å². The first kappa shape index (κ1) is 15.5. The molecule has 1 fully saturated rings. The molecule has 0 bridgehead atoms. The molecule has 1 heterocycles. The number of hydrogen-bond donors (Lipinski definition) is 0. The fourth-order valence-electron chi connectivity index (χ4n) is 2.54. The van der Waals surface area contributed by atoms with Gasteiger partial charge in [0, 0.05) is 13.0 Å². The molecule has 0 atom stereocenters. The summed E-state index contributed by atoms with van der Waals surface area (Å²) in [7, 11) is 1.44. The third-order valence-corrected chi connectivity index (χ3v) is 3.72. The van der Waals surface area contributed by atoms with Crippen molar-refractivity contribution in [3.63, 3.8) is 0 Å². The second kappa shape index (κ2) is 7.20. The van der Waals surface area contributed by atoms with Gasteiger partial charge in [-0.2, -0.15) is 0 Å². The fourth-order valence-corrected chi connectivity index (χ4v) is 2.54. The Balaban J connectivity index is 2.12. The van der Waals surface area contributed by atoms with Gasteiger partial charge in [-0.1, -0.05) is 12.8 Å². The average molecular weight is 293 g/mol. The Morgan fingerprint density at radius 3 is 2.81 bits per heavy atom. The molecule has 0 aliphatic carbocycles. The fraction of sp³-hybridized carbons (Fsp3) is 0.500. The Kier molecular flexibility index (Phi) is 5.31. The Morgan fingerprint density at radius 2 is 2.05 bits per heavy atom. The van der Waals surface area contributed by atoms with Crippen molar-refractivity contribution >= 4 is 11.7 Å². The van der Waals surface area contributed by atoms with E-state index in [4.69, 9.17) is 4.74 Å². The predicted molar refractivity (Wildman–Crippen MR) is 76.9 cm³/mol. The summed E-state index contributed by atoms with van der Waals surface area (Å²) in [4.78, 5) is 25.9. The van der Waals surface area contributed by atoms with E-state index < -0.39 is 5.82 Å². The predicted octanol–water partition coefficient (Wildman–Crippen LogP) is 2.81. The Labute approximate surface area is 123 Å². The molecule has 1 aromatic carbocycles. The van der Waals surface area contributed by atoms with Crippen molar-refractivity contribution in [2.24, 2.45) is 0 Å². The number of amides is 1. The van der Waals surface area contributed by atoms with E-state index in [1.807, 2.05) is 0 Å². The van der Waals surface area contributed by atoms with Crippen LogP contribution in [0.2, 0.25) is 0 Å². The Hall–Kier alpha value is -1.91. The maximum Gasteiger partial charge on any atom is 0.222 e. The molecule has 0 spiro atoms. The summed E-state index contributed by atoms with van der Waals surface area (Å²) in [6.45, 7) is 0.570. The van der Waals surface area contributed by atoms with E-state index in [0.717, 1.165) is 31.7 Å². The van der Waals surface area contributed by atoms with E-state index >= 15 is 0 Å². The highest BCUT2D eigenvalue weighted by Crippen LogP contribution is 2.21. The average Bonchev–Trinajstić information content (AvgIpc) is 2.46. The number of rotatable bonds is 4. The van der Waals surface area contributed by atoms with Crippen molar-refractivity contribution in [3.05, 3.63) is 29.6 Å². The van der Waals surface area contributed by atoms with Gasteiger partial charge in [0.05, 0.1) is 19.2 Å². The summed E-state index contributed by atoms with van der Waals surface area (Å²) in [5.74, 6) is -0.447. The Bertz CT molecular complexity index is 530. The van der Waals surface area contributed by atoms with E-state index in [1.54, 1.807) is 4.90 Å². The summed E-state index contributed by atoms with van der Waals surface area (Å²) in [6.07, 6.45) is 4.38. The van der Waals surface area contributed by atoms with Gasteiger partial charge >= 0.3 is 0 Å². The third kappa shape index (κ3) is 4.03. The molecular weight excluding hydrogens is 273 g/mol. The summed E-state index contributed by atoms with van der Waals surface area (Å²) in [5, 5.41) is 0.